The van der Waals surface area contributed by atoms with E-state index in [0.29, 0.717) is 24.3 Å². The molecule has 110 valence electrons. The van der Waals surface area contributed by atoms with Crippen LogP contribution < -0.4 is 10.6 Å². The maximum absolute atomic E-state index is 11.6. The molecule has 1 aromatic carbocycles. The van der Waals surface area contributed by atoms with Crippen LogP contribution in [0.25, 0.3) is 10.9 Å². The van der Waals surface area contributed by atoms with E-state index in [2.05, 4.69) is 4.98 Å². The number of nitrogens with zero attached hydrogens (tertiary/aromatic N) is 2. The summed E-state index contributed by atoms with van der Waals surface area (Å²) in [6.45, 7) is 0.484. The molecule has 0 radical (unpaired) electrons. The summed E-state index contributed by atoms with van der Waals surface area (Å²) >= 11 is 0. The van der Waals surface area contributed by atoms with Gasteiger partial charge in [-0.3, -0.25) is 9.59 Å². The Morgan fingerprint density at radius 2 is 2.05 bits per heavy atom. The molecular weight excluding hydrogens is 270 g/mol. The third-order valence-corrected chi connectivity index (χ3v) is 3.22. The van der Waals surface area contributed by atoms with E-state index in [1.165, 1.54) is 0 Å². The number of amides is 1. The molecule has 1 amide bonds. The smallest absolute Gasteiger partial charge is 0.303 e. The highest BCUT2D eigenvalue weighted by Gasteiger charge is 2.15. The van der Waals surface area contributed by atoms with Crippen LogP contribution in [0.3, 0.4) is 0 Å². The lowest BCUT2D eigenvalue weighted by Gasteiger charge is -2.20. The Balaban J connectivity index is 2.33. The van der Waals surface area contributed by atoms with Crippen LogP contribution in [0.4, 0.5) is 5.82 Å². The second-order valence-electron chi connectivity index (χ2n) is 4.84. The van der Waals surface area contributed by atoms with Crippen molar-refractivity contribution >= 4 is 28.6 Å². The third kappa shape index (κ3) is 3.47. The first kappa shape index (κ1) is 14.8. The lowest BCUT2D eigenvalue weighted by Crippen LogP contribution is -2.25. The number of anilines is 1. The SMILES string of the molecule is CN(CCCC(=O)O)c1nc2ccccc2cc1C(N)=O. The van der Waals surface area contributed by atoms with Gasteiger partial charge < -0.3 is 15.7 Å². The number of carbonyl (C=O) groups excluding carboxylic acids is 1. The number of primary amides is 1. The number of aliphatic carboxylic acids is 1. The van der Waals surface area contributed by atoms with Crippen LogP contribution in [0.5, 0.6) is 0 Å². The molecule has 0 bridgehead atoms. The van der Waals surface area contributed by atoms with Crippen molar-refractivity contribution < 1.29 is 14.7 Å². The lowest BCUT2D eigenvalue weighted by molar-refractivity contribution is -0.137. The summed E-state index contributed by atoms with van der Waals surface area (Å²) in [5.41, 5.74) is 6.53. The van der Waals surface area contributed by atoms with Crippen LogP contribution in [0.2, 0.25) is 0 Å². The van der Waals surface area contributed by atoms with Crippen LogP contribution in [0, 0.1) is 0 Å². The first-order valence-electron chi connectivity index (χ1n) is 6.61. The van der Waals surface area contributed by atoms with Crippen LogP contribution in [0.1, 0.15) is 23.2 Å². The van der Waals surface area contributed by atoms with E-state index < -0.39 is 11.9 Å². The Kier molecular flexibility index (Phi) is 4.37. The van der Waals surface area contributed by atoms with Gasteiger partial charge in [0.1, 0.15) is 5.82 Å². The highest BCUT2D eigenvalue weighted by molar-refractivity contribution is 6.01. The van der Waals surface area contributed by atoms with E-state index in [9.17, 15) is 9.59 Å². The minimum Gasteiger partial charge on any atom is -0.481 e. The number of benzene rings is 1. The van der Waals surface area contributed by atoms with Gasteiger partial charge in [-0.25, -0.2) is 4.98 Å². The number of carboxylic acids is 1. The number of carboxylic acid groups (broad SMARTS) is 1. The van der Waals surface area contributed by atoms with Gasteiger partial charge in [0.15, 0.2) is 0 Å². The predicted octanol–water partition coefficient (Wildman–Crippen LogP) is 1.63. The van der Waals surface area contributed by atoms with Crippen molar-refractivity contribution in [3.8, 4) is 0 Å². The van der Waals surface area contributed by atoms with Crippen molar-refractivity contribution in [1.29, 1.82) is 0 Å². The lowest BCUT2D eigenvalue weighted by atomic mass is 10.1. The van der Waals surface area contributed by atoms with E-state index in [4.69, 9.17) is 10.8 Å². The minimum absolute atomic E-state index is 0.0732. The maximum atomic E-state index is 11.6. The van der Waals surface area contributed by atoms with Crippen molar-refractivity contribution in [1.82, 2.24) is 4.98 Å². The Morgan fingerprint density at radius 3 is 2.71 bits per heavy atom. The molecule has 3 N–H and O–H groups in total. The molecule has 6 nitrogen and oxygen atoms in total. The molecule has 0 aliphatic rings. The Hall–Kier alpha value is -2.63. The molecule has 2 aromatic rings. The molecule has 0 atom stereocenters. The zero-order chi connectivity index (χ0) is 15.4. The second kappa shape index (κ2) is 6.21. The van der Waals surface area contributed by atoms with Crippen molar-refractivity contribution in [3.63, 3.8) is 0 Å². The average Bonchev–Trinajstić information content (AvgIpc) is 2.45. The van der Waals surface area contributed by atoms with Gasteiger partial charge in [0, 0.05) is 25.4 Å². The topological polar surface area (TPSA) is 96.5 Å². The van der Waals surface area contributed by atoms with Gasteiger partial charge in [0.05, 0.1) is 11.1 Å². The molecule has 2 rings (SSSR count). The normalized spacial score (nSPS) is 10.5. The van der Waals surface area contributed by atoms with E-state index in [0.717, 1.165) is 10.9 Å². The molecule has 21 heavy (non-hydrogen) atoms. The molecule has 0 saturated heterocycles. The van der Waals surface area contributed by atoms with Crippen LogP contribution in [0.15, 0.2) is 30.3 Å². The fourth-order valence-corrected chi connectivity index (χ4v) is 2.15. The minimum atomic E-state index is -0.843. The van der Waals surface area contributed by atoms with Gasteiger partial charge in [0.2, 0.25) is 0 Å². The van der Waals surface area contributed by atoms with E-state index in [1.54, 1.807) is 18.0 Å². The number of fused-ring (bicyclic) bond motifs is 1. The number of para-hydroxylation sites is 1. The summed E-state index contributed by atoms with van der Waals surface area (Å²) in [6.07, 6.45) is 0.544. The number of carbonyl (C=O) groups is 2. The van der Waals surface area contributed by atoms with E-state index >= 15 is 0 Å². The zero-order valence-corrected chi connectivity index (χ0v) is 11.7. The summed E-state index contributed by atoms with van der Waals surface area (Å²) in [5, 5.41) is 9.51. The summed E-state index contributed by atoms with van der Waals surface area (Å²) in [5.74, 6) is -0.912. The molecule has 1 aromatic heterocycles. The van der Waals surface area contributed by atoms with Crippen LogP contribution >= 0.6 is 0 Å². The fourth-order valence-electron chi connectivity index (χ4n) is 2.15. The first-order valence-corrected chi connectivity index (χ1v) is 6.61. The summed E-state index contributed by atoms with van der Waals surface area (Å²) in [7, 11) is 1.77. The number of aromatic nitrogens is 1. The molecular formula is C15H17N3O3. The maximum Gasteiger partial charge on any atom is 0.303 e. The largest absolute Gasteiger partial charge is 0.481 e. The molecule has 0 aliphatic heterocycles. The summed E-state index contributed by atoms with van der Waals surface area (Å²) < 4.78 is 0. The van der Waals surface area contributed by atoms with E-state index in [1.807, 2.05) is 24.3 Å². The predicted molar refractivity (Wildman–Crippen MR) is 80.4 cm³/mol. The first-order chi connectivity index (χ1) is 9.99. The summed E-state index contributed by atoms with van der Waals surface area (Å²) in [4.78, 5) is 28.4. The molecule has 0 saturated carbocycles. The van der Waals surface area contributed by atoms with Crippen molar-refractivity contribution in [2.24, 2.45) is 5.73 Å². The monoisotopic (exact) mass is 287 g/mol. The van der Waals surface area contributed by atoms with Gasteiger partial charge in [-0.05, 0) is 18.6 Å². The Bertz CT molecular complexity index is 685. The number of nitrogens with two attached hydrogens (primary N) is 1. The van der Waals surface area contributed by atoms with Gasteiger partial charge in [-0.1, -0.05) is 18.2 Å². The van der Waals surface area contributed by atoms with Gasteiger partial charge in [-0.15, -0.1) is 0 Å². The molecule has 6 heteroatoms. The molecule has 0 spiro atoms. The number of rotatable bonds is 6. The fraction of sp³-hybridized carbons (Fsp3) is 0.267. The highest BCUT2D eigenvalue weighted by Crippen LogP contribution is 2.22. The zero-order valence-electron chi connectivity index (χ0n) is 11.7. The molecule has 1 heterocycles. The standard InChI is InChI=1S/C15H17N3O3/c1-18(8-4-7-13(19)20)15-11(14(16)21)9-10-5-2-3-6-12(10)17-15/h2-3,5-6,9H,4,7-8H2,1H3,(H2,16,21)(H,19,20). The highest BCUT2D eigenvalue weighted by atomic mass is 16.4. The van der Waals surface area contributed by atoms with Crippen molar-refractivity contribution in [2.45, 2.75) is 12.8 Å². The number of hydrogen-bond donors (Lipinski definition) is 2. The quantitative estimate of drug-likeness (QED) is 0.841. The van der Waals surface area contributed by atoms with Crippen LogP contribution in [-0.2, 0) is 4.79 Å². The summed E-state index contributed by atoms with van der Waals surface area (Å²) in [6, 6.07) is 9.17. The third-order valence-electron chi connectivity index (χ3n) is 3.22. The Morgan fingerprint density at radius 1 is 1.33 bits per heavy atom. The second-order valence-corrected chi connectivity index (χ2v) is 4.84. The molecule has 0 unspecified atom stereocenters. The molecule has 0 fully saturated rings. The number of hydrogen-bond acceptors (Lipinski definition) is 4. The van der Waals surface area contributed by atoms with Gasteiger partial charge in [0.25, 0.3) is 5.91 Å². The van der Waals surface area contributed by atoms with Gasteiger partial charge in [-0.2, -0.15) is 0 Å². The van der Waals surface area contributed by atoms with Crippen LogP contribution in [-0.4, -0.2) is 35.6 Å². The number of pyridine rings is 1. The molecule has 0 aliphatic carbocycles. The van der Waals surface area contributed by atoms with E-state index in [-0.39, 0.29) is 6.42 Å². The average molecular weight is 287 g/mol. The van der Waals surface area contributed by atoms with Crippen molar-refractivity contribution in [3.05, 3.63) is 35.9 Å². The van der Waals surface area contributed by atoms with Gasteiger partial charge >= 0.3 is 5.97 Å². The Labute approximate surface area is 122 Å². The van der Waals surface area contributed by atoms with Crippen molar-refractivity contribution in [2.75, 3.05) is 18.5 Å².